The number of fused-ring (bicyclic) bond motifs is 3. The molecular weight excluding hydrogens is 400 g/mol. The fourth-order valence-electron chi connectivity index (χ4n) is 4.73. The number of aliphatic hydroxyl groups is 1. The largest absolute Gasteiger partial charge is 0.393 e. The molecule has 1 fully saturated rings. The third kappa shape index (κ3) is 2.86. The van der Waals surface area contributed by atoms with E-state index < -0.39 is 10.0 Å². The van der Waals surface area contributed by atoms with Gasteiger partial charge in [-0.25, -0.2) is 22.4 Å². The first-order valence-corrected chi connectivity index (χ1v) is 11.7. The van der Waals surface area contributed by atoms with Crippen LogP contribution in [0.4, 0.5) is 0 Å². The molecule has 7 nitrogen and oxygen atoms in total. The van der Waals surface area contributed by atoms with Gasteiger partial charge in [-0.1, -0.05) is 31.0 Å². The van der Waals surface area contributed by atoms with Crippen LogP contribution in [0.3, 0.4) is 0 Å². The van der Waals surface area contributed by atoms with E-state index in [0.29, 0.717) is 29.1 Å². The summed E-state index contributed by atoms with van der Waals surface area (Å²) in [4.78, 5) is 9.16. The van der Waals surface area contributed by atoms with Crippen molar-refractivity contribution in [1.82, 2.24) is 18.3 Å². The van der Waals surface area contributed by atoms with Gasteiger partial charge in [-0.15, -0.1) is 0 Å². The van der Waals surface area contributed by atoms with Crippen molar-refractivity contribution < 1.29 is 13.5 Å². The van der Waals surface area contributed by atoms with Gasteiger partial charge < -0.3 is 5.11 Å². The molecule has 30 heavy (non-hydrogen) atoms. The molecule has 8 heteroatoms. The SMILES string of the molecule is CCC1CC(O)CC1c1cnc2cnc3c(ccn3S(=O)(=O)c3ccc(C)cc3)n12. The number of aromatic nitrogens is 4. The summed E-state index contributed by atoms with van der Waals surface area (Å²) < 4.78 is 29.7. The molecule has 0 saturated heterocycles. The third-order valence-corrected chi connectivity index (χ3v) is 8.00. The summed E-state index contributed by atoms with van der Waals surface area (Å²) in [5.41, 5.74) is 3.75. The molecule has 0 aliphatic heterocycles. The lowest BCUT2D eigenvalue weighted by Crippen LogP contribution is -2.13. The van der Waals surface area contributed by atoms with Crippen molar-refractivity contribution >= 4 is 26.8 Å². The first kappa shape index (κ1) is 19.3. The summed E-state index contributed by atoms with van der Waals surface area (Å²) >= 11 is 0. The monoisotopic (exact) mass is 424 g/mol. The van der Waals surface area contributed by atoms with E-state index in [1.54, 1.807) is 42.7 Å². The van der Waals surface area contributed by atoms with Crippen molar-refractivity contribution in [3.63, 3.8) is 0 Å². The molecule has 4 aromatic rings. The second-order valence-electron chi connectivity index (χ2n) is 8.17. The summed E-state index contributed by atoms with van der Waals surface area (Å²) in [6, 6.07) is 8.58. The molecule has 0 amide bonds. The number of hydrogen-bond donors (Lipinski definition) is 1. The molecular formula is C22H24N4O3S. The van der Waals surface area contributed by atoms with Gasteiger partial charge in [-0.05, 0) is 43.9 Å². The standard InChI is InChI=1S/C22H24N4O3S/c1-3-15-10-16(27)11-18(15)20-12-23-21-13-24-22-19(26(20)21)8-9-25(22)30(28,29)17-6-4-14(2)5-7-17/h4-9,12-13,15-16,18,27H,3,10-11H2,1-2H3. The van der Waals surface area contributed by atoms with Gasteiger partial charge in [0.25, 0.3) is 10.0 Å². The average Bonchev–Trinajstić information content (AvgIpc) is 3.43. The zero-order valence-corrected chi connectivity index (χ0v) is 17.7. The van der Waals surface area contributed by atoms with E-state index in [1.807, 2.05) is 17.5 Å². The number of aliphatic hydroxyl groups excluding tert-OH is 1. The smallest absolute Gasteiger partial charge is 0.269 e. The molecule has 1 N–H and O–H groups in total. The molecule has 0 bridgehead atoms. The Kier molecular flexibility index (Phi) is 4.44. The van der Waals surface area contributed by atoms with Gasteiger partial charge in [0.1, 0.15) is 0 Å². The highest BCUT2D eigenvalue weighted by Crippen LogP contribution is 2.42. The highest BCUT2D eigenvalue weighted by atomic mass is 32.2. The van der Waals surface area contributed by atoms with Crippen LogP contribution in [-0.4, -0.2) is 38.0 Å². The molecule has 1 saturated carbocycles. The molecule has 1 aliphatic rings. The zero-order chi connectivity index (χ0) is 21.0. The molecule has 3 unspecified atom stereocenters. The van der Waals surface area contributed by atoms with Crippen LogP contribution < -0.4 is 0 Å². The van der Waals surface area contributed by atoms with Gasteiger partial charge in [0.15, 0.2) is 11.3 Å². The zero-order valence-electron chi connectivity index (χ0n) is 16.9. The van der Waals surface area contributed by atoms with Gasteiger partial charge in [-0.2, -0.15) is 0 Å². The van der Waals surface area contributed by atoms with Crippen molar-refractivity contribution in [2.75, 3.05) is 0 Å². The van der Waals surface area contributed by atoms with Crippen molar-refractivity contribution in [3.05, 3.63) is 60.2 Å². The Morgan fingerprint density at radius 2 is 1.87 bits per heavy atom. The summed E-state index contributed by atoms with van der Waals surface area (Å²) in [6.07, 6.45) is 7.15. The molecule has 0 spiro atoms. The van der Waals surface area contributed by atoms with Crippen molar-refractivity contribution in [2.24, 2.45) is 5.92 Å². The molecule has 5 rings (SSSR count). The van der Waals surface area contributed by atoms with E-state index in [2.05, 4.69) is 16.9 Å². The molecule has 1 aliphatic carbocycles. The Balaban J connectivity index is 1.69. The number of nitrogens with zero attached hydrogens (tertiary/aromatic N) is 4. The summed E-state index contributed by atoms with van der Waals surface area (Å²) in [5, 5.41) is 10.2. The number of rotatable bonds is 4. The van der Waals surface area contributed by atoms with Crippen molar-refractivity contribution in [3.8, 4) is 0 Å². The van der Waals surface area contributed by atoms with Gasteiger partial charge in [0.05, 0.1) is 22.7 Å². The molecule has 156 valence electrons. The minimum atomic E-state index is -3.77. The van der Waals surface area contributed by atoms with Crippen LogP contribution in [0.1, 0.15) is 43.4 Å². The van der Waals surface area contributed by atoms with Crippen LogP contribution in [0.5, 0.6) is 0 Å². The first-order valence-electron chi connectivity index (χ1n) is 10.2. The van der Waals surface area contributed by atoms with E-state index in [-0.39, 0.29) is 16.9 Å². The van der Waals surface area contributed by atoms with Gasteiger partial charge in [0.2, 0.25) is 0 Å². The highest BCUT2D eigenvalue weighted by molar-refractivity contribution is 7.90. The topological polar surface area (TPSA) is 89.5 Å². The number of imidazole rings is 1. The van der Waals surface area contributed by atoms with Crippen LogP contribution >= 0.6 is 0 Å². The van der Waals surface area contributed by atoms with Gasteiger partial charge in [0, 0.05) is 24.0 Å². The number of hydrogen-bond acceptors (Lipinski definition) is 5. The number of aryl methyl sites for hydroxylation is 1. The summed E-state index contributed by atoms with van der Waals surface area (Å²) in [7, 11) is -3.77. The minimum absolute atomic E-state index is 0.183. The Hall–Kier alpha value is -2.71. The highest BCUT2D eigenvalue weighted by Gasteiger charge is 2.35. The maximum Gasteiger partial charge on any atom is 0.269 e. The number of benzene rings is 1. The molecule has 3 atom stereocenters. The van der Waals surface area contributed by atoms with E-state index in [4.69, 9.17) is 0 Å². The van der Waals surface area contributed by atoms with Gasteiger partial charge >= 0.3 is 0 Å². The first-order chi connectivity index (χ1) is 14.4. The Morgan fingerprint density at radius 1 is 1.10 bits per heavy atom. The third-order valence-electron chi connectivity index (χ3n) is 6.32. The van der Waals surface area contributed by atoms with Crippen LogP contribution in [0.2, 0.25) is 0 Å². The van der Waals surface area contributed by atoms with E-state index >= 15 is 0 Å². The quantitative estimate of drug-likeness (QED) is 0.542. The fourth-order valence-corrected chi connectivity index (χ4v) is 6.03. The Labute approximate surface area is 175 Å². The van der Waals surface area contributed by atoms with Gasteiger partial charge in [-0.3, -0.25) is 4.40 Å². The summed E-state index contributed by atoms with van der Waals surface area (Å²) in [6.45, 7) is 4.06. The second kappa shape index (κ2) is 6.92. The lowest BCUT2D eigenvalue weighted by Gasteiger charge is -2.17. The van der Waals surface area contributed by atoms with Crippen molar-refractivity contribution in [1.29, 1.82) is 0 Å². The van der Waals surface area contributed by atoms with Crippen LogP contribution in [0, 0.1) is 12.8 Å². The maximum atomic E-state index is 13.2. The minimum Gasteiger partial charge on any atom is -0.393 e. The van der Waals surface area contributed by atoms with Crippen LogP contribution in [0.15, 0.2) is 53.8 Å². The Morgan fingerprint density at radius 3 is 2.60 bits per heavy atom. The lowest BCUT2D eigenvalue weighted by atomic mass is 9.91. The van der Waals surface area contributed by atoms with Crippen molar-refractivity contribution in [2.45, 2.75) is 50.0 Å². The normalized spacial score (nSPS) is 22.3. The predicted octanol–water partition coefficient (Wildman–Crippen LogP) is 3.49. The maximum absolute atomic E-state index is 13.2. The average molecular weight is 425 g/mol. The molecule has 3 aromatic heterocycles. The molecule has 1 aromatic carbocycles. The van der Waals surface area contributed by atoms with E-state index in [9.17, 15) is 13.5 Å². The molecule has 3 heterocycles. The van der Waals surface area contributed by atoms with Crippen LogP contribution in [0.25, 0.3) is 16.8 Å². The Bertz CT molecular complexity index is 1340. The lowest BCUT2D eigenvalue weighted by molar-refractivity contribution is 0.176. The molecule has 0 radical (unpaired) electrons. The second-order valence-corrected chi connectivity index (χ2v) is 9.99. The fraction of sp³-hybridized carbons (Fsp3) is 0.364. The van der Waals surface area contributed by atoms with E-state index in [1.165, 1.54) is 3.97 Å². The predicted molar refractivity (Wildman–Crippen MR) is 114 cm³/mol. The summed E-state index contributed by atoms with van der Waals surface area (Å²) in [5.74, 6) is 0.559. The van der Waals surface area contributed by atoms with E-state index in [0.717, 1.165) is 24.1 Å². The van der Waals surface area contributed by atoms with Crippen LogP contribution in [-0.2, 0) is 10.0 Å².